The second kappa shape index (κ2) is 7.38. The van der Waals surface area contributed by atoms with Gasteiger partial charge in [-0.05, 0) is 42.2 Å². The van der Waals surface area contributed by atoms with Crippen LogP contribution in [0.15, 0.2) is 36.4 Å². The molecule has 0 amide bonds. The molecule has 2 rings (SSSR count). The minimum absolute atomic E-state index is 0.287. The molecule has 1 atom stereocenters. The fourth-order valence-electron chi connectivity index (χ4n) is 2.51. The summed E-state index contributed by atoms with van der Waals surface area (Å²) in [5.41, 5.74) is 2.35. The molecule has 1 N–H and O–H groups in total. The van der Waals surface area contributed by atoms with Crippen molar-refractivity contribution in [2.45, 2.75) is 19.3 Å². The van der Waals surface area contributed by atoms with E-state index in [0.717, 1.165) is 11.1 Å². The van der Waals surface area contributed by atoms with Crippen molar-refractivity contribution in [3.63, 3.8) is 0 Å². The minimum Gasteiger partial charge on any atom is -0.493 e. The number of hydrogen-bond donors (Lipinski definition) is 1. The largest absolute Gasteiger partial charge is 0.493 e. The normalized spacial score (nSPS) is 11.8. The zero-order chi connectivity index (χ0) is 17.0. The van der Waals surface area contributed by atoms with Gasteiger partial charge < -0.3 is 14.6 Å². The van der Waals surface area contributed by atoms with Crippen LogP contribution in [0.4, 0.5) is 0 Å². The number of carbonyl (C=O) groups is 1. The Balaban J connectivity index is 2.41. The molecule has 0 aliphatic heterocycles. The number of carboxylic acid groups (broad SMARTS) is 1. The lowest BCUT2D eigenvalue weighted by Gasteiger charge is -2.17. The van der Waals surface area contributed by atoms with Crippen molar-refractivity contribution in [1.29, 1.82) is 0 Å². The summed E-state index contributed by atoms with van der Waals surface area (Å²) in [5.74, 6) is -0.487. The van der Waals surface area contributed by atoms with Gasteiger partial charge >= 0.3 is 5.97 Å². The molecule has 5 heteroatoms. The van der Waals surface area contributed by atoms with E-state index in [-0.39, 0.29) is 6.42 Å². The first-order chi connectivity index (χ1) is 11.0. The molecule has 0 aliphatic carbocycles. The molecule has 0 heterocycles. The van der Waals surface area contributed by atoms with Crippen LogP contribution in [-0.4, -0.2) is 25.3 Å². The Hall–Kier alpha value is -2.20. The van der Waals surface area contributed by atoms with Crippen molar-refractivity contribution in [2.75, 3.05) is 14.2 Å². The number of para-hydroxylation sites is 1. The van der Waals surface area contributed by atoms with Crippen LogP contribution in [0.2, 0.25) is 5.02 Å². The van der Waals surface area contributed by atoms with Gasteiger partial charge in [0.05, 0.1) is 20.1 Å². The zero-order valence-corrected chi connectivity index (χ0v) is 14.1. The maximum atomic E-state index is 11.7. The molecule has 0 saturated heterocycles. The molecule has 0 saturated carbocycles. The summed E-state index contributed by atoms with van der Waals surface area (Å²) in [6.45, 7) is 1.88. The zero-order valence-electron chi connectivity index (χ0n) is 13.3. The Morgan fingerprint density at radius 2 is 1.96 bits per heavy atom. The van der Waals surface area contributed by atoms with Gasteiger partial charge in [0, 0.05) is 5.02 Å². The standard InChI is InChI=1S/C18H19ClO4/c1-11-7-8-12(10-15(11)19)14(18(20)21)9-13-5-4-6-16(22-2)17(13)23-3/h4-8,10,14H,9H2,1-3H3,(H,20,21). The number of aliphatic carboxylic acids is 1. The van der Waals surface area contributed by atoms with E-state index in [1.165, 1.54) is 0 Å². The smallest absolute Gasteiger partial charge is 0.311 e. The van der Waals surface area contributed by atoms with Crippen LogP contribution in [0.3, 0.4) is 0 Å². The molecule has 1 unspecified atom stereocenters. The van der Waals surface area contributed by atoms with E-state index >= 15 is 0 Å². The lowest BCUT2D eigenvalue weighted by molar-refractivity contribution is -0.138. The Morgan fingerprint density at radius 3 is 2.52 bits per heavy atom. The molecule has 2 aromatic rings. The Morgan fingerprint density at radius 1 is 1.22 bits per heavy atom. The summed E-state index contributed by atoms with van der Waals surface area (Å²) in [6.07, 6.45) is 0.287. The minimum atomic E-state index is -0.908. The van der Waals surface area contributed by atoms with E-state index in [1.807, 2.05) is 25.1 Å². The van der Waals surface area contributed by atoms with Gasteiger partial charge in [-0.15, -0.1) is 0 Å². The molecule has 122 valence electrons. The van der Waals surface area contributed by atoms with E-state index in [9.17, 15) is 9.90 Å². The fraction of sp³-hybridized carbons (Fsp3) is 0.278. The summed E-state index contributed by atoms with van der Waals surface area (Å²) in [7, 11) is 3.09. The lowest BCUT2D eigenvalue weighted by atomic mass is 9.91. The molecule has 2 aromatic carbocycles. The monoisotopic (exact) mass is 334 g/mol. The van der Waals surface area contributed by atoms with E-state index in [1.54, 1.807) is 32.4 Å². The number of halogens is 1. The SMILES string of the molecule is COc1cccc(CC(C(=O)O)c2ccc(C)c(Cl)c2)c1OC. The molecule has 0 radical (unpaired) electrons. The second-order valence-electron chi connectivity index (χ2n) is 5.26. The first kappa shape index (κ1) is 17.2. The van der Waals surface area contributed by atoms with Gasteiger partial charge in [-0.3, -0.25) is 4.79 Å². The Labute approximate surface area is 140 Å². The first-order valence-corrected chi connectivity index (χ1v) is 7.54. The van der Waals surface area contributed by atoms with Crippen LogP contribution >= 0.6 is 11.6 Å². The first-order valence-electron chi connectivity index (χ1n) is 7.16. The fourth-order valence-corrected chi connectivity index (χ4v) is 2.70. The number of rotatable bonds is 6. The average Bonchev–Trinajstić information content (AvgIpc) is 2.54. The van der Waals surface area contributed by atoms with Crippen LogP contribution in [0.5, 0.6) is 11.5 Å². The van der Waals surface area contributed by atoms with Crippen molar-refractivity contribution >= 4 is 17.6 Å². The third kappa shape index (κ3) is 3.77. The lowest BCUT2D eigenvalue weighted by Crippen LogP contribution is -2.15. The number of ether oxygens (including phenoxy) is 2. The van der Waals surface area contributed by atoms with Gasteiger partial charge in [0.1, 0.15) is 0 Å². The van der Waals surface area contributed by atoms with Gasteiger partial charge in [-0.2, -0.15) is 0 Å². The summed E-state index contributed by atoms with van der Waals surface area (Å²) in [5, 5.41) is 10.2. The van der Waals surface area contributed by atoms with Gasteiger partial charge in [0.15, 0.2) is 11.5 Å². The van der Waals surface area contributed by atoms with Crippen LogP contribution in [-0.2, 0) is 11.2 Å². The van der Waals surface area contributed by atoms with Crippen molar-refractivity contribution in [1.82, 2.24) is 0 Å². The maximum Gasteiger partial charge on any atom is 0.311 e. The Bertz CT molecular complexity index is 712. The van der Waals surface area contributed by atoms with E-state index in [4.69, 9.17) is 21.1 Å². The van der Waals surface area contributed by atoms with Crippen LogP contribution < -0.4 is 9.47 Å². The van der Waals surface area contributed by atoms with Gasteiger partial charge in [-0.25, -0.2) is 0 Å². The maximum absolute atomic E-state index is 11.7. The van der Waals surface area contributed by atoms with Crippen molar-refractivity contribution in [2.24, 2.45) is 0 Å². The van der Waals surface area contributed by atoms with Crippen molar-refractivity contribution in [3.8, 4) is 11.5 Å². The summed E-state index contributed by atoms with van der Waals surface area (Å²) >= 11 is 6.13. The highest BCUT2D eigenvalue weighted by Gasteiger charge is 2.23. The summed E-state index contributed by atoms with van der Waals surface area (Å²) < 4.78 is 10.6. The molecule has 4 nitrogen and oxygen atoms in total. The summed E-state index contributed by atoms with van der Waals surface area (Å²) in [6, 6.07) is 10.8. The molecule has 0 aliphatic rings. The highest BCUT2D eigenvalue weighted by atomic mass is 35.5. The van der Waals surface area contributed by atoms with Crippen molar-refractivity contribution < 1.29 is 19.4 Å². The predicted molar refractivity (Wildman–Crippen MR) is 89.8 cm³/mol. The molecular weight excluding hydrogens is 316 g/mol. The van der Waals surface area contributed by atoms with Crippen molar-refractivity contribution in [3.05, 3.63) is 58.1 Å². The molecule has 0 bridgehead atoms. The summed E-state index contributed by atoms with van der Waals surface area (Å²) in [4.78, 5) is 11.7. The quantitative estimate of drug-likeness (QED) is 0.865. The number of aryl methyl sites for hydroxylation is 1. The van der Waals surface area contributed by atoms with E-state index in [2.05, 4.69) is 0 Å². The Kier molecular flexibility index (Phi) is 5.50. The number of carboxylic acids is 1. The van der Waals surface area contributed by atoms with Gasteiger partial charge in [-0.1, -0.05) is 35.9 Å². The topological polar surface area (TPSA) is 55.8 Å². The molecular formula is C18H19ClO4. The number of hydrogen-bond acceptors (Lipinski definition) is 3. The third-order valence-corrected chi connectivity index (χ3v) is 4.21. The number of methoxy groups -OCH3 is 2. The highest BCUT2D eigenvalue weighted by Crippen LogP contribution is 2.35. The molecule has 0 fully saturated rings. The van der Waals surface area contributed by atoms with E-state index in [0.29, 0.717) is 22.1 Å². The van der Waals surface area contributed by atoms with Gasteiger partial charge in [0.2, 0.25) is 0 Å². The van der Waals surface area contributed by atoms with Crippen LogP contribution in [0, 0.1) is 6.92 Å². The highest BCUT2D eigenvalue weighted by molar-refractivity contribution is 6.31. The third-order valence-electron chi connectivity index (χ3n) is 3.80. The molecule has 23 heavy (non-hydrogen) atoms. The second-order valence-corrected chi connectivity index (χ2v) is 5.66. The molecule has 0 spiro atoms. The average molecular weight is 335 g/mol. The van der Waals surface area contributed by atoms with Crippen LogP contribution in [0.1, 0.15) is 22.6 Å². The predicted octanol–water partition coefficient (Wildman–Crippen LogP) is 4.08. The molecule has 0 aromatic heterocycles. The van der Waals surface area contributed by atoms with E-state index < -0.39 is 11.9 Å². The number of benzene rings is 2. The van der Waals surface area contributed by atoms with Gasteiger partial charge in [0.25, 0.3) is 0 Å². The van der Waals surface area contributed by atoms with Crippen LogP contribution in [0.25, 0.3) is 0 Å².